The van der Waals surface area contributed by atoms with Gasteiger partial charge in [0.25, 0.3) is 0 Å². The van der Waals surface area contributed by atoms with Crippen LogP contribution < -0.4 is 20.1 Å². The van der Waals surface area contributed by atoms with E-state index in [9.17, 15) is 4.79 Å². The molecule has 1 aliphatic heterocycles. The summed E-state index contributed by atoms with van der Waals surface area (Å²) in [6.07, 6.45) is 5.04. The zero-order chi connectivity index (χ0) is 22.5. The Labute approximate surface area is 186 Å². The quantitative estimate of drug-likeness (QED) is 0.559. The highest BCUT2D eigenvalue weighted by molar-refractivity contribution is 6.00. The Morgan fingerprint density at radius 3 is 2.53 bits per heavy atom. The first-order valence-corrected chi connectivity index (χ1v) is 10.2. The van der Waals surface area contributed by atoms with Gasteiger partial charge in [0.2, 0.25) is 0 Å². The Morgan fingerprint density at radius 1 is 1.12 bits per heavy atom. The van der Waals surface area contributed by atoms with Gasteiger partial charge < -0.3 is 24.8 Å². The molecule has 1 aromatic carbocycles. The Morgan fingerprint density at radius 2 is 1.84 bits per heavy atom. The minimum atomic E-state index is -0.242. The number of nitrogens with two attached hydrogens (primary N) is 1. The number of anilines is 2. The summed E-state index contributed by atoms with van der Waals surface area (Å²) in [5.74, 6) is 0.949. The molecule has 0 radical (unpaired) electrons. The molecule has 32 heavy (non-hydrogen) atoms. The minimum Gasteiger partial charge on any atom is -0.496 e. The standard InChI is InChI=1S/C23H25N5O4/c1-30-19-4-3-5-20(31-2)21(19)16-14-26-23(24)22(27-16)18(29)12-15-13-25-7-6-17(15)28-8-10-32-11-9-28/h3-7,13-14H,8-12H2,1-2H3,(H2,24,26). The van der Waals surface area contributed by atoms with Crippen LogP contribution >= 0.6 is 0 Å². The second-order valence-corrected chi connectivity index (χ2v) is 7.23. The SMILES string of the molecule is COc1cccc(OC)c1-c1cnc(N)c(C(=O)Cc2cnccc2N2CCOCC2)n1. The van der Waals surface area contributed by atoms with E-state index in [2.05, 4.69) is 19.9 Å². The third-order valence-electron chi connectivity index (χ3n) is 5.33. The average Bonchev–Trinajstić information content (AvgIpc) is 2.84. The Kier molecular flexibility index (Phi) is 6.46. The molecule has 1 fully saturated rings. The van der Waals surface area contributed by atoms with Crippen molar-refractivity contribution in [2.24, 2.45) is 0 Å². The molecule has 1 saturated heterocycles. The maximum absolute atomic E-state index is 13.2. The first-order valence-electron chi connectivity index (χ1n) is 10.2. The van der Waals surface area contributed by atoms with Crippen LogP contribution in [0.3, 0.4) is 0 Å². The van der Waals surface area contributed by atoms with Crippen LogP contribution in [0.25, 0.3) is 11.3 Å². The maximum atomic E-state index is 13.2. The van der Waals surface area contributed by atoms with Gasteiger partial charge in [-0.15, -0.1) is 0 Å². The molecule has 0 spiro atoms. The summed E-state index contributed by atoms with van der Waals surface area (Å²) in [7, 11) is 3.12. The van der Waals surface area contributed by atoms with Crippen LogP contribution in [0.15, 0.2) is 42.9 Å². The first kappa shape index (κ1) is 21.5. The highest BCUT2D eigenvalue weighted by Gasteiger charge is 2.22. The van der Waals surface area contributed by atoms with E-state index in [0.717, 1.165) is 24.3 Å². The Bertz CT molecular complexity index is 1090. The van der Waals surface area contributed by atoms with E-state index in [-0.39, 0.29) is 23.7 Å². The Balaban J connectivity index is 1.67. The van der Waals surface area contributed by atoms with Crippen molar-refractivity contribution in [1.29, 1.82) is 0 Å². The fraction of sp³-hybridized carbons (Fsp3) is 0.304. The molecule has 3 aromatic rings. The summed E-state index contributed by atoms with van der Waals surface area (Å²) >= 11 is 0. The number of hydrogen-bond acceptors (Lipinski definition) is 9. The van der Waals surface area contributed by atoms with Crippen molar-refractivity contribution in [3.8, 4) is 22.8 Å². The van der Waals surface area contributed by atoms with Gasteiger partial charge in [-0.25, -0.2) is 9.97 Å². The molecule has 166 valence electrons. The molecule has 0 atom stereocenters. The van der Waals surface area contributed by atoms with Crippen LogP contribution in [0.1, 0.15) is 16.1 Å². The highest BCUT2D eigenvalue weighted by atomic mass is 16.5. The van der Waals surface area contributed by atoms with Gasteiger partial charge in [-0.2, -0.15) is 0 Å². The number of nitrogen functional groups attached to an aromatic ring is 1. The van der Waals surface area contributed by atoms with Gasteiger partial charge in [0.05, 0.1) is 44.9 Å². The molecule has 0 saturated carbocycles. The highest BCUT2D eigenvalue weighted by Crippen LogP contribution is 2.37. The van der Waals surface area contributed by atoms with Crippen LogP contribution in [0.2, 0.25) is 0 Å². The number of benzene rings is 1. The normalized spacial score (nSPS) is 13.6. The van der Waals surface area contributed by atoms with Crippen LogP contribution in [0, 0.1) is 0 Å². The molecule has 0 bridgehead atoms. The molecule has 9 heteroatoms. The average molecular weight is 435 g/mol. The number of carbonyl (C=O) groups excluding carboxylic acids is 1. The fourth-order valence-corrected chi connectivity index (χ4v) is 3.75. The topological polar surface area (TPSA) is 113 Å². The number of pyridine rings is 1. The summed E-state index contributed by atoms with van der Waals surface area (Å²) in [6.45, 7) is 2.82. The van der Waals surface area contributed by atoms with E-state index >= 15 is 0 Å². The lowest BCUT2D eigenvalue weighted by Crippen LogP contribution is -2.37. The van der Waals surface area contributed by atoms with Gasteiger partial charge in [-0.05, 0) is 18.2 Å². The molecular formula is C23H25N5O4. The second kappa shape index (κ2) is 9.61. The monoisotopic (exact) mass is 435 g/mol. The molecule has 9 nitrogen and oxygen atoms in total. The first-order chi connectivity index (χ1) is 15.6. The van der Waals surface area contributed by atoms with Crippen molar-refractivity contribution in [3.05, 3.63) is 54.1 Å². The lowest BCUT2D eigenvalue weighted by Gasteiger charge is -2.30. The van der Waals surface area contributed by atoms with Crippen molar-refractivity contribution in [2.75, 3.05) is 51.2 Å². The molecular weight excluding hydrogens is 410 g/mol. The number of aromatic nitrogens is 3. The number of methoxy groups -OCH3 is 2. The Hall–Kier alpha value is -3.72. The van der Waals surface area contributed by atoms with Crippen molar-refractivity contribution < 1.29 is 19.0 Å². The zero-order valence-corrected chi connectivity index (χ0v) is 18.1. The van der Waals surface area contributed by atoms with E-state index in [0.29, 0.717) is 36.0 Å². The van der Waals surface area contributed by atoms with E-state index in [1.165, 1.54) is 6.20 Å². The van der Waals surface area contributed by atoms with Crippen molar-refractivity contribution in [2.45, 2.75) is 6.42 Å². The van der Waals surface area contributed by atoms with Crippen LogP contribution in [0.4, 0.5) is 11.5 Å². The molecule has 2 aromatic heterocycles. The largest absolute Gasteiger partial charge is 0.496 e. The number of ketones is 1. The van der Waals surface area contributed by atoms with Crippen LogP contribution in [0.5, 0.6) is 11.5 Å². The number of nitrogens with zero attached hydrogens (tertiary/aromatic N) is 4. The molecule has 2 N–H and O–H groups in total. The molecule has 0 amide bonds. The predicted octanol–water partition coefficient (Wildman–Crippen LogP) is 2.40. The summed E-state index contributed by atoms with van der Waals surface area (Å²) in [5, 5.41) is 0. The van der Waals surface area contributed by atoms with E-state index in [1.807, 2.05) is 12.1 Å². The zero-order valence-electron chi connectivity index (χ0n) is 18.1. The summed E-state index contributed by atoms with van der Waals surface area (Å²) in [4.78, 5) is 28.4. The van der Waals surface area contributed by atoms with Crippen LogP contribution in [-0.4, -0.2) is 61.3 Å². The maximum Gasteiger partial charge on any atom is 0.189 e. The number of hydrogen-bond donors (Lipinski definition) is 1. The predicted molar refractivity (Wildman–Crippen MR) is 120 cm³/mol. The number of ether oxygens (including phenoxy) is 3. The third kappa shape index (κ3) is 4.33. The number of carbonyl (C=O) groups is 1. The molecule has 0 unspecified atom stereocenters. The lowest BCUT2D eigenvalue weighted by atomic mass is 10.0. The van der Waals surface area contributed by atoms with Crippen LogP contribution in [-0.2, 0) is 11.2 Å². The molecule has 0 aliphatic carbocycles. The minimum absolute atomic E-state index is 0.0735. The van der Waals surface area contributed by atoms with Crippen molar-refractivity contribution in [1.82, 2.24) is 15.0 Å². The van der Waals surface area contributed by atoms with Gasteiger partial charge in [-0.1, -0.05) is 6.07 Å². The summed E-state index contributed by atoms with van der Waals surface area (Å²) < 4.78 is 16.4. The molecule has 4 rings (SSSR count). The lowest BCUT2D eigenvalue weighted by molar-refractivity contribution is 0.0988. The van der Waals surface area contributed by atoms with Gasteiger partial charge in [0.15, 0.2) is 11.6 Å². The third-order valence-corrected chi connectivity index (χ3v) is 5.33. The number of morpholine rings is 1. The summed E-state index contributed by atoms with van der Waals surface area (Å²) in [6, 6.07) is 7.32. The fourth-order valence-electron chi connectivity index (χ4n) is 3.75. The van der Waals surface area contributed by atoms with Gasteiger partial charge >= 0.3 is 0 Å². The van der Waals surface area contributed by atoms with Gasteiger partial charge in [-0.3, -0.25) is 9.78 Å². The van der Waals surface area contributed by atoms with E-state index < -0.39 is 0 Å². The van der Waals surface area contributed by atoms with Gasteiger partial charge in [0.1, 0.15) is 17.2 Å². The van der Waals surface area contributed by atoms with Crippen molar-refractivity contribution in [3.63, 3.8) is 0 Å². The number of rotatable bonds is 7. The second-order valence-electron chi connectivity index (χ2n) is 7.23. The smallest absolute Gasteiger partial charge is 0.189 e. The molecule has 3 heterocycles. The number of Topliss-reactive ketones (excluding diaryl/α,β-unsaturated/α-hetero) is 1. The van der Waals surface area contributed by atoms with E-state index in [1.54, 1.807) is 38.7 Å². The van der Waals surface area contributed by atoms with Gasteiger partial charge in [0, 0.05) is 43.2 Å². The molecule has 1 aliphatic rings. The van der Waals surface area contributed by atoms with Crippen molar-refractivity contribution >= 4 is 17.3 Å². The summed E-state index contributed by atoms with van der Waals surface area (Å²) in [5.41, 5.74) is 8.97. The van der Waals surface area contributed by atoms with E-state index in [4.69, 9.17) is 19.9 Å².